The molecular formula is C19H30N2. The summed E-state index contributed by atoms with van der Waals surface area (Å²) >= 11 is 0. The molecule has 1 saturated carbocycles. The van der Waals surface area contributed by atoms with Crippen LogP contribution in [0.3, 0.4) is 0 Å². The molecular weight excluding hydrogens is 256 g/mol. The van der Waals surface area contributed by atoms with Crippen LogP contribution in [0.4, 0.5) is 5.69 Å². The van der Waals surface area contributed by atoms with Crippen LogP contribution in [0, 0.1) is 5.41 Å². The van der Waals surface area contributed by atoms with Crippen molar-refractivity contribution < 1.29 is 0 Å². The minimum absolute atomic E-state index is 0.411. The van der Waals surface area contributed by atoms with Crippen LogP contribution in [0.25, 0.3) is 0 Å². The Balaban J connectivity index is 1.75. The van der Waals surface area contributed by atoms with E-state index >= 15 is 0 Å². The lowest BCUT2D eigenvalue weighted by Crippen LogP contribution is -2.46. The van der Waals surface area contributed by atoms with E-state index in [9.17, 15) is 0 Å². The molecule has 2 aliphatic rings. The van der Waals surface area contributed by atoms with Gasteiger partial charge in [-0.1, -0.05) is 32.0 Å². The molecule has 1 atom stereocenters. The van der Waals surface area contributed by atoms with Crippen molar-refractivity contribution in [3.05, 3.63) is 29.8 Å². The van der Waals surface area contributed by atoms with E-state index in [0.29, 0.717) is 11.5 Å². The molecule has 1 unspecified atom stereocenters. The summed E-state index contributed by atoms with van der Waals surface area (Å²) in [5.41, 5.74) is 3.41. The monoisotopic (exact) mass is 286 g/mol. The number of nitrogens with zero attached hydrogens (tertiary/aromatic N) is 1. The lowest BCUT2D eigenvalue weighted by molar-refractivity contribution is 0.248. The maximum absolute atomic E-state index is 3.79. The van der Waals surface area contributed by atoms with Gasteiger partial charge in [0.25, 0.3) is 0 Å². The van der Waals surface area contributed by atoms with E-state index in [1.54, 1.807) is 0 Å². The topological polar surface area (TPSA) is 15.3 Å². The van der Waals surface area contributed by atoms with Gasteiger partial charge < -0.3 is 10.2 Å². The first-order valence-corrected chi connectivity index (χ1v) is 8.75. The first-order valence-electron chi connectivity index (χ1n) is 8.75. The predicted molar refractivity (Wildman–Crippen MR) is 91.0 cm³/mol. The third-order valence-corrected chi connectivity index (χ3v) is 5.70. The highest BCUT2D eigenvalue weighted by Crippen LogP contribution is 2.37. The first-order chi connectivity index (χ1) is 10.2. The highest BCUT2D eigenvalue weighted by atomic mass is 15.2. The second-order valence-electron chi connectivity index (χ2n) is 7.17. The maximum Gasteiger partial charge on any atom is 0.0402 e. The van der Waals surface area contributed by atoms with Gasteiger partial charge in [-0.15, -0.1) is 0 Å². The molecule has 0 amide bonds. The van der Waals surface area contributed by atoms with Gasteiger partial charge in [0.15, 0.2) is 0 Å². The summed E-state index contributed by atoms with van der Waals surface area (Å²) in [4.78, 5) is 2.66. The van der Waals surface area contributed by atoms with Gasteiger partial charge in [0.1, 0.15) is 0 Å². The van der Waals surface area contributed by atoms with Gasteiger partial charge in [0.2, 0.25) is 0 Å². The zero-order valence-corrected chi connectivity index (χ0v) is 13.9. The minimum Gasteiger partial charge on any atom is -0.368 e. The van der Waals surface area contributed by atoms with Crippen molar-refractivity contribution in [2.24, 2.45) is 5.41 Å². The number of anilines is 1. The molecule has 21 heavy (non-hydrogen) atoms. The summed E-state index contributed by atoms with van der Waals surface area (Å²) in [7, 11) is 0. The Morgan fingerprint density at radius 1 is 1.19 bits per heavy atom. The maximum atomic E-state index is 3.79. The van der Waals surface area contributed by atoms with Gasteiger partial charge in [-0.05, 0) is 56.1 Å². The second-order valence-corrected chi connectivity index (χ2v) is 7.17. The smallest absolute Gasteiger partial charge is 0.0402 e. The fraction of sp³-hybridized carbons (Fsp3) is 0.684. The van der Waals surface area contributed by atoms with Crippen LogP contribution < -0.4 is 10.2 Å². The molecule has 1 fully saturated rings. The molecule has 1 heterocycles. The molecule has 1 aromatic rings. The summed E-state index contributed by atoms with van der Waals surface area (Å²) in [5, 5.41) is 3.79. The summed E-state index contributed by atoms with van der Waals surface area (Å²) < 4.78 is 0. The molecule has 0 spiro atoms. The fourth-order valence-electron chi connectivity index (χ4n) is 3.66. The van der Waals surface area contributed by atoms with Crippen LogP contribution in [0.1, 0.15) is 52.0 Å². The number of hydrogen-bond donors (Lipinski definition) is 1. The predicted octanol–water partition coefficient (Wildman–Crippen LogP) is 4.00. The average molecular weight is 286 g/mol. The van der Waals surface area contributed by atoms with Crippen LogP contribution >= 0.6 is 0 Å². The quantitative estimate of drug-likeness (QED) is 0.815. The Kier molecular flexibility index (Phi) is 4.26. The summed E-state index contributed by atoms with van der Waals surface area (Å²) in [6, 6.07) is 10.4. The van der Waals surface area contributed by atoms with Crippen molar-refractivity contribution in [3.63, 3.8) is 0 Å². The van der Waals surface area contributed by atoms with Crippen LogP contribution in [0.2, 0.25) is 0 Å². The average Bonchev–Trinajstić information content (AvgIpc) is 3.28. The number of hydrogen-bond acceptors (Lipinski definition) is 2. The molecule has 0 saturated heterocycles. The van der Waals surface area contributed by atoms with E-state index in [-0.39, 0.29) is 0 Å². The van der Waals surface area contributed by atoms with Crippen molar-refractivity contribution in [2.45, 2.75) is 65.0 Å². The number of rotatable bonds is 7. The van der Waals surface area contributed by atoms with Gasteiger partial charge in [0.05, 0.1) is 0 Å². The standard InChI is InChI=1S/C19H30N2/c1-4-19(5-2,13-20-17-10-11-17)14-21-15(3)12-16-8-6-7-9-18(16)21/h6-9,15,17,20H,4-5,10-14H2,1-3H3. The second kappa shape index (κ2) is 6.00. The van der Waals surface area contributed by atoms with E-state index in [0.717, 1.165) is 6.04 Å². The van der Waals surface area contributed by atoms with Gasteiger partial charge in [-0.25, -0.2) is 0 Å². The van der Waals surface area contributed by atoms with Crippen molar-refractivity contribution >= 4 is 5.69 Å². The van der Waals surface area contributed by atoms with Crippen LogP contribution in [-0.4, -0.2) is 25.2 Å². The van der Waals surface area contributed by atoms with E-state index in [2.05, 4.69) is 55.3 Å². The Morgan fingerprint density at radius 3 is 2.57 bits per heavy atom. The Labute approximate surface area is 129 Å². The van der Waals surface area contributed by atoms with E-state index in [1.165, 1.54) is 56.4 Å². The van der Waals surface area contributed by atoms with E-state index in [4.69, 9.17) is 0 Å². The number of benzene rings is 1. The lowest BCUT2D eigenvalue weighted by Gasteiger charge is -2.39. The zero-order chi connectivity index (χ0) is 14.9. The summed E-state index contributed by atoms with van der Waals surface area (Å²) in [6.45, 7) is 9.48. The molecule has 1 aliphatic heterocycles. The molecule has 2 nitrogen and oxygen atoms in total. The molecule has 2 heteroatoms. The molecule has 0 bridgehead atoms. The van der Waals surface area contributed by atoms with E-state index in [1.807, 2.05) is 0 Å². The molecule has 116 valence electrons. The Morgan fingerprint density at radius 2 is 1.90 bits per heavy atom. The molecule has 1 N–H and O–H groups in total. The largest absolute Gasteiger partial charge is 0.368 e. The fourth-order valence-corrected chi connectivity index (χ4v) is 3.66. The molecule has 0 radical (unpaired) electrons. The van der Waals surface area contributed by atoms with Gasteiger partial charge in [-0.2, -0.15) is 0 Å². The summed E-state index contributed by atoms with van der Waals surface area (Å²) in [5.74, 6) is 0. The van der Waals surface area contributed by atoms with E-state index < -0.39 is 0 Å². The normalized spacial score (nSPS) is 21.7. The Bertz CT molecular complexity index is 474. The Hall–Kier alpha value is -1.02. The molecule has 3 rings (SSSR count). The van der Waals surface area contributed by atoms with Crippen LogP contribution in [-0.2, 0) is 6.42 Å². The van der Waals surface area contributed by atoms with Crippen LogP contribution in [0.5, 0.6) is 0 Å². The number of nitrogens with one attached hydrogen (secondary N) is 1. The van der Waals surface area contributed by atoms with Gasteiger partial charge >= 0.3 is 0 Å². The SMILES string of the molecule is CCC(CC)(CNC1CC1)CN1c2ccccc2CC1C. The highest BCUT2D eigenvalue weighted by molar-refractivity contribution is 5.59. The highest BCUT2D eigenvalue weighted by Gasteiger charge is 2.35. The third-order valence-electron chi connectivity index (χ3n) is 5.70. The third kappa shape index (κ3) is 3.11. The molecule has 1 aliphatic carbocycles. The van der Waals surface area contributed by atoms with Gasteiger partial charge in [0, 0.05) is 30.9 Å². The summed E-state index contributed by atoms with van der Waals surface area (Å²) in [6.07, 6.45) is 6.48. The van der Waals surface area contributed by atoms with Gasteiger partial charge in [-0.3, -0.25) is 0 Å². The van der Waals surface area contributed by atoms with Crippen molar-refractivity contribution in [1.29, 1.82) is 0 Å². The molecule has 1 aromatic carbocycles. The zero-order valence-electron chi connectivity index (χ0n) is 13.9. The number of fused-ring (bicyclic) bond motifs is 1. The lowest BCUT2D eigenvalue weighted by atomic mass is 9.81. The minimum atomic E-state index is 0.411. The van der Waals surface area contributed by atoms with Crippen LogP contribution in [0.15, 0.2) is 24.3 Å². The molecule has 0 aromatic heterocycles. The van der Waals surface area contributed by atoms with Crippen molar-refractivity contribution in [3.8, 4) is 0 Å². The van der Waals surface area contributed by atoms with Crippen molar-refractivity contribution in [1.82, 2.24) is 5.32 Å². The first kappa shape index (κ1) is 14.9. The number of para-hydroxylation sites is 1. The van der Waals surface area contributed by atoms with Crippen molar-refractivity contribution in [2.75, 3.05) is 18.0 Å².